The van der Waals surface area contributed by atoms with E-state index in [1.807, 2.05) is 0 Å². The van der Waals surface area contributed by atoms with Gasteiger partial charge >= 0.3 is 5.97 Å². The molecule has 2 aromatic rings. The van der Waals surface area contributed by atoms with E-state index in [9.17, 15) is 17.6 Å². The molecule has 0 unspecified atom stereocenters. The molecule has 0 saturated carbocycles. The summed E-state index contributed by atoms with van der Waals surface area (Å²) < 4.78 is 39.7. The Morgan fingerprint density at radius 2 is 2.10 bits per heavy atom. The molecule has 0 spiro atoms. The predicted molar refractivity (Wildman–Crippen MR) is 77.4 cm³/mol. The lowest BCUT2D eigenvalue weighted by molar-refractivity contribution is 0.0697. The summed E-state index contributed by atoms with van der Waals surface area (Å²) in [6, 6.07) is 3.09. The molecule has 6 nitrogen and oxygen atoms in total. The second-order valence-corrected chi connectivity index (χ2v) is 6.69. The Balaban J connectivity index is 2.45. The number of aromatic amines is 1. The van der Waals surface area contributed by atoms with Gasteiger partial charge in [0.25, 0.3) is 10.0 Å². The zero-order chi connectivity index (χ0) is 15.8. The number of aryl methyl sites for hydroxylation is 1. The molecule has 0 saturated heterocycles. The summed E-state index contributed by atoms with van der Waals surface area (Å²) in [6.07, 6.45) is 1.24. The maximum absolute atomic E-state index is 13.0. The van der Waals surface area contributed by atoms with E-state index >= 15 is 0 Å². The van der Waals surface area contributed by atoms with Crippen LogP contribution in [0.5, 0.6) is 0 Å². The maximum atomic E-state index is 13.0. The number of hydrogen-bond acceptors (Lipinski definition) is 3. The van der Waals surface area contributed by atoms with Gasteiger partial charge in [-0.25, -0.2) is 17.6 Å². The van der Waals surface area contributed by atoms with Gasteiger partial charge in [0, 0.05) is 16.4 Å². The molecule has 2 rings (SSSR count). The molecule has 0 fully saturated rings. The molecule has 21 heavy (non-hydrogen) atoms. The summed E-state index contributed by atoms with van der Waals surface area (Å²) >= 11 is 2.97. The number of benzene rings is 1. The molecule has 0 amide bonds. The molecule has 0 bridgehead atoms. The number of hydrogen-bond donors (Lipinski definition) is 3. The minimum Gasteiger partial charge on any atom is -0.478 e. The highest BCUT2D eigenvalue weighted by atomic mass is 79.9. The zero-order valence-corrected chi connectivity index (χ0v) is 13.0. The normalized spacial score (nSPS) is 11.4. The van der Waals surface area contributed by atoms with E-state index in [0.717, 1.165) is 18.2 Å². The monoisotopic (exact) mass is 376 g/mol. The van der Waals surface area contributed by atoms with Gasteiger partial charge in [0.15, 0.2) is 0 Å². The van der Waals surface area contributed by atoms with Crippen molar-refractivity contribution in [2.75, 3.05) is 4.72 Å². The fourth-order valence-electron chi connectivity index (χ4n) is 1.78. The summed E-state index contributed by atoms with van der Waals surface area (Å²) in [5.74, 6) is -1.85. The standard InChI is InChI=1S/C12H10BrFN2O4S/c1-6-11(12(17)18)9(5-15-6)16-21(19,20)10-3-2-7(14)4-8(10)13/h2-5,15-16H,1H3,(H,17,18). The quantitative estimate of drug-likeness (QED) is 0.763. The molecule has 0 aliphatic carbocycles. The van der Waals surface area contributed by atoms with Crippen molar-refractivity contribution in [2.45, 2.75) is 11.8 Å². The van der Waals surface area contributed by atoms with Crippen LogP contribution in [0.2, 0.25) is 0 Å². The van der Waals surface area contributed by atoms with Crippen molar-refractivity contribution in [3.05, 3.63) is 45.9 Å². The van der Waals surface area contributed by atoms with Gasteiger partial charge in [-0.15, -0.1) is 0 Å². The summed E-state index contributed by atoms with van der Waals surface area (Å²) in [5.41, 5.74) is 0.0615. The lowest BCUT2D eigenvalue weighted by Gasteiger charge is -2.09. The lowest BCUT2D eigenvalue weighted by Crippen LogP contribution is -2.15. The molecule has 0 radical (unpaired) electrons. The number of sulfonamides is 1. The largest absolute Gasteiger partial charge is 0.478 e. The smallest absolute Gasteiger partial charge is 0.339 e. The fourth-order valence-corrected chi connectivity index (χ4v) is 3.89. The fraction of sp³-hybridized carbons (Fsp3) is 0.0833. The number of carboxylic acids is 1. The highest BCUT2D eigenvalue weighted by molar-refractivity contribution is 9.10. The molecular weight excluding hydrogens is 367 g/mol. The van der Waals surface area contributed by atoms with Crippen molar-refractivity contribution in [2.24, 2.45) is 0 Å². The van der Waals surface area contributed by atoms with Gasteiger partial charge in [-0.2, -0.15) is 0 Å². The van der Waals surface area contributed by atoms with Crippen LogP contribution < -0.4 is 4.72 Å². The van der Waals surface area contributed by atoms with E-state index in [2.05, 4.69) is 25.6 Å². The van der Waals surface area contributed by atoms with Crippen LogP contribution in [-0.2, 0) is 10.0 Å². The van der Waals surface area contributed by atoms with E-state index in [0.29, 0.717) is 5.69 Å². The van der Waals surface area contributed by atoms with E-state index in [4.69, 9.17) is 5.11 Å². The van der Waals surface area contributed by atoms with Gasteiger partial charge in [-0.1, -0.05) is 0 Å². The first-order chi connectivity index (χ1) is 9.72. The summed E-state index contributed by atoms with van der Waals surface area (Å²) in [7, 11) is -4.05. The van der Waals surface area contributed by atoms with E-state index < -0.39 is 21.8 Å². The van der Waals surface area contributed by atoms with Crippen LogP contribution in [0.3, 0.4) is 0 Å². The van der Waals surface area contributed by atoms with Crippen molar-refractivity contribution in [3.8, 4) is 0 Å². The zero-order valence-electron chi connectivity index (χ0n) is 10.6. The van der Waals surface area contributed by atoms with Gasteiger partial charge in [0.2, 0.25) is 0 Å². The third-order valence-corrected chi connectivity index (χ3v) is 5.06. The highest BCUT2D eigenvalue weighted by Crippen LogP contribution is 2.27. The number of nitrogens with one attached hydrogen (secondary N) is 2. The molecule has 3 N–H and O–H groups in total. The van der Waals surface area contributed by atoms with Crippen LogP contribution in [0.15, 0.2) is 33.8 Å². The third kappa shape index (κ3) is 3.08. The Morgan fingerprint density at radius 1 is 1.43 bits per heavy atom. The number of anilines is 1. The Kier molecular flexibility index (Phi) is 4.06. The van der Waals surface area contributed by atoms with E-state index in [1.54, 1.807) is 0 Å². The number of rotatable bonds is 4. The Morgan fingerprint density at radius 3 is 2.67 bits per heavy atom. The highest BCUT2D eigenvalue weighted by Gasteiger charge is 2.23. The average molecular weight is 377 g/mol. The Labute approximate surface area is 128 Å². The van der Waals surface area contributed by atoms with Crippen LogP contribution in [-0.4, -0.2) is 24.5 Å². The van der Waals surface area contributed by atoms with Crippen molar-refractivity contribution in [1.82, 2.24) is 4.98 Å². The van der Waals surface area contributed by atoms with Crippen LogP contribution in [0, 0.1) is 12.7 Å². The first-order valence-corrected chi connectivity index (χ1v) is 7.89. The second kappa shape index (κ2) is 5.49. The Bertz CT molecular complexity index is 817. The minimum absolute atomic E-state index is 0.0409. The summed E-state index contributed by atoms with van der Waals surface area (Å²) in [5, 5.41) is 9.08. The van der Waals surface area contributed by atoms with Crippen molar-refractivity contribution >= 4 is 37.6 Å². The molecular formula is C12H10BrFN2O4S. The molecule has 0 aliphatic heterocycles. The van der Waals surface area contributed by atoms with Gasteiger partial charge < -0.3 is 10.1 Å². The van der Waals surface area contributed by atoms with E-state index in [1.165, 1.54) is 13.1 Å². The Hall–Kier alpha value is -1.87. The number of aromatic nitrogens is 1. The second-order valence-electron chi connectivity index (χ2n) is 4.19. The lowest BCUT2D eigenvalue weighted by atomic mass is 10.2. The van der Waals surface area contributed by atoms with Gasteiger partial charge in [-0.3, -0.25) is 4.72 Å². The maximum Gasteiger partial charge on any atom is 0.339 e. The first-order valence-electron chi connectivity index (χ1n) is 5.61. The van der Waals surface area contributed by atoms with Gasteiger partial charge in [0.1, 0.15) is 16.3 Å². The molecule has 1 heterocycles. The molecule has 9 heteroatoms. The van der Waals surface area contributed by atoms with Crippen LogP contribution in [0.4, 0.5) is 10.1 Å². The summed E-state index contributed by atoms with van der Waals surface area (Å²) in [6.45, 7) is 1.51. The van der Waals surface area contributed by atoms with Crippen molar-refractivity contribution in [1.29, 1.82) is 0 Å². The third-order valence-electron chi connectivity index (χ3n) is 2.72. The van der Waals surface area contributed by atoms with Crippen LogP contribution in [0.1, 0.15) is 16.1 Å². The number of carbonyl (C=O) groups is 1. The number of carboxylic acid groups (broad SMARTS) is 1. The average Bonchev–Trinajstić information content (AvgIpc) is 2.68. The number of aromatic carboxylic acids is 1. The number of halogens is 2. The van der Waals surface area contributed by atoms with Gasteiger partial charge in [0.05, 0.1) is 5.69 Å². The molecule has 0 aliphatic rings. The SMILES string of the molecule is Cc1[nH]cc(NS(=O)(=O)c2ccc(F)cc2Br)c1C(=O)O. The molecule has 112 valence electrons. The van der Waals surface area contributed by atoms with Crippen molar-refractivity contribution < 1.29 is 22.7 Å². The van der Waals surface area contributed by atoms with Crippen molar-refractivity contribution in [3.63, 3.8) is 0 Å². The molecule has 1 aromatic heterocycles. The number of H-pyrrole nitrogens is 1. The minimum atomic E-state index is -4.05. The topological polar surface area (TPSA) is 99.3 Å². The van der Waals surface area contributed by atoms with Crippen LogP contribution >= 0.6 is 15.9 Å². The summed E-state index contributed by atoms with van der Waals surface area (Å²) in [4.78, 5) is 13.6. The first kappa shape index (κ1) is 15.5. The molecule has 0 atom stereocenters. The van der Waals surface area contributed by atoms with Crippen LogP contribution in [0.25, 0.3) is 0 Å². The predicted octanol–water partition coefficient (Wildman–Crippen LogP) is 2.72. The van der Waals surface area contributed by atoms with Gasteiger partial charge in [-0.05, 0) is 41.1 Å². The van der Waals surface area contributed by atoms with E-state index in [-0.39, 0.29) is 20.6 Å². The molecule has 1 aromatic carbocycles.